The van der Waals surface area contributed by atoms with E-state index in [9.17, 15) is 18.8 Å². The number of rotatable bonds is 8. The predicted octanol–water partition coefficient (Wildman–Crippen LogP) is 1.70. The minimum Gasteiger partial charge on any atom is -0.480 e. The molecule has 0 fully saturated rings. The molecule has 0 aliphatic heterocycles. The van der Waals surface area contributed by atoms with Crippen LogP contribution in [0, 0.1) is 5.82 Å². The fraction of sp³-hybridized carbons (Fsp3) is 0.400. The third-order valence-corrected chi connectivity index (χ3v) is 2.99. The van der Waals surface area contributed by atoms with Crippen molar-refractivity contribution in [1.29, 1.82) is 0 Å². The lowest BCUT2D eigenvalue weighted by molar-refractivity contribution is -0.142. The van der Waals surface area contributed by atoms with Gasteiger partial charge in [0.1, 0.15) is 17.6 Å². The summed E-state index contributed by atoms with van der Waals surface area (Å²) in [6, 6.07) is 4.43. The van der Waals surface area contributed by atoms with Gasteiger partial charge in [0.05, 0.1) is 6.42 Å². The Morgan fingerprint density at radius 2 is 2.05 bits per heavy atom. The number of carbonyl (C=O) groups excluding carboxylic acids is 2. The van der Waals surface area contributed by atoms with Crippen molar-refractivity contribution in [1.82, 2.24) is 5.32 Å². The first kappa shape index (κ1) is 16.8. The number of carboxylic acid groups (broad SMARTS) is 1. The van der Waals surface area contributed by atoms with E-state index in [1.54, 1.807) is 13.0 Å². The molecule has 1 atom stereocenters. The van der Waals surface area contributed by atoms with Crippen LogP contribution >= 0.6 is 0 Å². The minimum atomic E-state index is -1.19. The van der Waals surface area contributed by atoms with Crippen molar-refractivity contribution in [2.45, 2.75) is 38.6 Å². The fourth-order valence-corrected chi connectivity index (χ4v) is 1.82. The fourth-order valence-electron chi connectivity index (χ4n) is 1.82. The Hall–Kier alpha value is -2.24. The van der Waals surface area contributed by atoms with Gasteiger partial charge in [-0.2, -0.15) is 0 Å². The number of benzene rings is 1. The highest BCUT2D eigenvalue weighted by molar-refractivity contribution is 5.85. The molecule has 6 heteroatoms. The average Bonchev–Trinajstić information content (AvgIpc) is 2.42. The highest BCUT2D eigenvalue weighted by Gasteiger charge is 2.20. The Morgan fingerprint density at radius 3 is 2.62 bits per heavy atom. The van der Waals surface area contributed by atoms with Crippen LogP contribution in [-0.2, 0) is 20.8 Å². The highest BCUT2D eigenvalue weighted by Crippen LogP contribution is 2.06. The first-order valence-electron chi connectivity index (χ1n) is 6.70. The van der Waals surface area contributed by atoms with Crippen molar-refractivity contribution in [3.05, 3.63) is 35.6 Å². The summed E-state index contributed by atoms with van der Waals surface area (Å²) >= 11 is 0. The lowest BCUT2D eigenvalue weighted by Crippen LogP contribution is -2.41. The quantitative estimate of drug-likeness (QED) is 0.764. The molecule has 0 aliphatic rings. The lowest BCUT2D eigenvalue weighted by Gasteiger charge is -2.14. The molecule has 2 N–H and O–H groups in total. The summed E-state index contributed by atoms with van der Waals surface area (Å²) in [6.07, 6.45) is 0.386. The van der Waals surface area contributed by atoms with E-state index in [2.05, 4.69) is 5.32 Å². The molecule has 0 aromatic heterocycles. The number of nitrogens with one attached hydrogen (secondary N) is 1. The van der Waals surface area contributed by atoms with Gasteiger partial charge in [-0.3, -0.25) is 9.59 Å². The second-order valence-corrected chi connectivity index (χ2v) is 4.70. The Morgan fingerprint density at radius 1 is 1.33 bits per heavy atom. The molecule has 1 amide bonds. The summed E-state index contributed by atoms with van der Waals surface area (Å²) in [4.78, 5) is 34.0. The van der Waals surface area contributed by atoms with Crippen molar-refractivity contribution in [2.24, 2.45) is 0 Å². The summed E-state index contributed by atoms with van der Waals surface area (Å²) in [5, 5.41) is 11.4. The molecule has 0 aliphatic carbocycles. The summed E-state index contributed by atoms with van der Waals surface area (Å²) < 4.78 is 13.0. The van der Waals surface area contributed by atoms with Crippen LogP contribution in [0.5, 0.6) is 0 Å². The smallest absolute Gasteiger partial charge is 0.326 e. The second kappa shape index (κ2) is 8.14. The van der Waals surface area contributed by atoms with Gasteiger partial charge in [-0.15, -0.1) is 0 Å². The molecule has 0 heterocycles. The molecule has 21 heavy (non-hydrogen) atoms. The molecular formula is C15H18FNO4. The molecule has 0 saturated carbocycles. The van der Waals surface area contributed by atoms with Crippen LogP contribution < -0.4 is 5.32 Å². The van der Waals surface area contributed by atoms with Crippen molar-refractivity contribution < 1.29 is 23.9 Å². The Bertz CT molecular complexity index is 530. The van der Waals surface area contributed by atoms with E-state index < -0.39 is 23.7 Å². The zero-order valence-electron chi connectivity index (χ0n) is 11.8. The normalized spacial score (nSPS) is 11.7. The summed E-state index contributed by atoms with van der Waals surface area (Å²) in [5.41, 5.74) is 0.460. The van der Waals surface area contributed by atoms with Gasteiger partial charge in [0.15, 0.2) is 0 Å². The molecular weight excluding hydrogens is 277 g/mol. The molecule has 1 aromatic carbocycles. The van der Waals surface area contributed by atoms with E-state index in [1.165, 1.54) is 18.2 Å². The number of carboxylic acids is 1. The molecule has 0 radical (unpaired) electrons. The van der Waals surface area contributed by atoms with Crippen molar-refractivity contribution in [2.75, 3.05) is 0 Å². The van der Waals surface area contributed by atoms with Gasteiger partial charge in [-0.25, -0.2) is 9.18 Å². The Kier molecular flexibility index (Phi) is 6.52. The van der Waals surface area contributed by atoms with E-state index in [-0.39, 0.29) is 25.0 Å². The number of hydrogen-bond acceptors (Lipinski definition) is 3. The summed E-state index contributed by atoms with van der Waals surface area (Å²) in [6.45, 7) is 1.70. The molecule has 1 rings (SSSR count). The lowest BCUT2D eigenvalue weighted by atomic mass is 10.1. The maximum Gasteiger partial charge on any atom is 0.326 e. The monoisotopic (exact) mass is 295 g/mol. The van der Waals surface area contributed by atoms with Crippen molar-refractivity contribution in [3.8, 4) is 0 Å². The van der Waals surface area contributed by atoms with E-state index in [0.717, 1.165) is 0 Å². The molecule has 5 nitrogen and oxygen atoms in total. The van der Waals surface area contributed by atoms with Crippen molar-refractivity contribution >= 4 is 17.7 Å². The third kappa shape index (κ3) is 6.16. The molecule has 1 aromatic rings. The number of hydrogen-bond donors (Lipinski definition) is 2. The maximum absolute atomic E-state index is 13.0. The topological polar surface area (TPSA) is 83.5 Å². The van der Waals surface area contributed by atoms with Gasteiger partial charge in [0.25, 0.3) is 0 Å². The third-order valence-electron chi connectivity index (χ3n) is 2.99. The van der Waals surface area contributed by atoms with E-state index >= 15 is 0 Å². The number of halogens is 1. The van der Waals surface area contributed by atoms with Gasteiger partial charge in [0, 0.05) is 12.8 Å². The number of aliphatic carboxylic acids is 1. The summed E-state index contributed by atoms with van der Waals surface area (Å²) in [5.74, 6) is -2.22. The van der Waals surface area contributed by atoms with Gasteiger partial charge >= 0.3 is 5.97 Å². The number of carbonyl (C=O) groups is 3. The summed E-state index contributed by atoms with van der Waals surface area (Å²) in [7, 11) is 0. The van der Waals surface area contributed by atoms with Gasteiger partial charge in [-0.05, 0) is 24.1 Å². The van der Waals surface area contributed by atoms with Gasteiger partial charge < -0.3 is 10.4 Å². The SMILES string of the molecule is CCC(=O)CC[C@@H](NC(=O)Cc1cccc(F)c1)C(=O)O. The standard InChI is InChI=1S/C15H18FNO4/c1-2-12(18)6-7-13(15(20)21)17-14(19)9-10-4-3-5-11(16)8-10/h3-5,8,13H,2,6-7,9H2,1H3,(H,17,19)(H,20,21)/t13-/m1/s1. The molecule has 0 unspecified atom stereocenters. The minimum absolute atomic E-state index is 0.0525. The van der Waals surface area contributed by atoms with Crippen LogP contribution in [0.15, 0.2) is 24.3 Å². The maximum atomic E-state index is 13.0. The number of amides is 1. The Labute approximate surface area is 122 Å². The number of Topliss-reactive ketones (excluding diaryl/α,β-unsaturated/α-hetero) is 1. The molecule has 0 saturated heterocycles. The average molecular weight is 295 g/mol. The largest absolute Gasteiger partial charge is 0.480 e. The molecule has 114 valence electrons. The predicted molar refractivity (Wildman–Crippen MR) is 74.2 cm³/mol. The first-order valence-corrected chi connectivity index (χ1v) is 6.70. The van der Waals surface area contributed by atoms with E-state index in [4.69, 9.17) is 5.11 Å². The number of ketones is 1. The zero-order valence-corrected chi connectivity index (χ0v) is 11.8. The highest BCUT2D eigenvalue weighted by atomic mass is 19.1. The van der Waals surface area contributed by atoms with Crippen LogP contribution in [0.25, 0.3) is 0 Å². The van der Waals surface area contributed by atoms with E-state index in [0.29, 0.717) is 12.0 Å². The Balaban J connectivity index is 2.56. The first-order chi connectivity index (χ1) is 9.92. The van der Waals surface area contributed by atoms with Crippen LogP contribution in [0.1, 0.15) is 31.7 Å². The van der Waals surface area contributed by atoms with E-state index in [1.807, 2.05) is 0 Å². The van der Waals surface area contributed by atoms with Crippen LogP contribution in [0.3, 0.4) is 0 Å². The van der Waals surface area contributed by atoms with Gasteiger partial charge in [0.2, 0.25) is 5.91 Å². The van der Waals surface area contributed by atoms with Gasteiger partial charge in [-0.1, -0.05) is 19.1 Å². The van der Waals surface area contributed by atoms with Crippen molar-refractivity contribution in [3.63, 3.8) is 0 Å². The molecule has 0 spiro atoms. The van der Waals surface area contributed by atoms with Crippen LogP contribution in [0.2, 0.25) is 0 Å². The van der Waals surface area contributed by atoms with Crippen LogP contribution in [-0.4, -0.2) is 28.8 Å². The zero-order chi connectivity index (χ0) is 15.8. The molecule has 0 bridgehead atoms. The second-order valence-electron chi connectivity index (χ2n) is 4.70. The van der Waals surface area contributed by atoms with Crippen LogP contribution in [0.4, 0.5) is 4.39 Å².